The van der Waals surface area contributed by atoms with Gasteiger partial charge in [-0.15, -0.1) is 0 Å². The molecular weight excluding hydrogens is 256 g/mol. The van der Waals surface area contributed by atoms with Crippen molar-refractivity contribution >= 4 is 11.8 Å². The zero-order chi connectivity index (χ0) is 14.8. The fourth-order valence-electron chi connectivity index (χ4n) is 3.60. The lowest BCUT2D eigenvalue weighted by Crippen LogP contribution is -2.47. The summed E-state index contributed by atoms with van der Waals surface area (Å²) in [5.41, 5.74) is -0.0964. The lowest BCUT2D eigenvalue weighted by Gasteiger charge is -2.36. The van der Waals surface area contributed by atoms with Crippen LogP contribution in [0.25, 0.3) is 0 Å². The van der Waals surface area contributed by atoms with Crippen LogP contribution in [0.1, 0.15) is 38.5 Å². The molecule has 1 saturated carbocycles. The Morgan fingerprint density at radius 1 is 1.45 bits per heavy atom. The smallest absolute Gasteiger partial charge is 0.227 e. The summed E-state index contributed by atoms with van der Waals surface area (Å²) >= 11 is 0. The van der Waals surface area contributed by atoms with Gasteiger partial charge < -0.3 is 14.9 Å². The quantitative estimate of drug-likeness (QED) is 0.832. The molecule has 1 heterocycles. The minimum Gasteiger partial charge on any atom is -0.396 e. The van der Waals surface area contributed by atoms with Crippen LogP contribution in [0.15, 0.2) is 0 Å². The molecule has 0 aromatic carbocycles. The molecule has 2 aliphatic rings. The molecule has 2 amide bonds. The molecule has 1 unspecified atom stereocenters. The number of likely N-dealkylation sites (tertiary alicyclic amines) is 1. The van der Waals surface area contributed by atoms with Gasteiger partial charge in [-0.05, 0) is 19.3 Å². The fourth-order valence-corrected chi connectivity index (χ4v) is 3.60. The number of carbonyl (C=O) groups excluding carboxylic acids is 2. The van der Waals surface area contributed by atoms with Gasteiger partial charge in [-0.1, -0.05) is 12.8 Å². The standard InChI is InChI=1S/C15H26N2O3/c1-16-9-12(5-6-13(16)19)14(20)17(2)10-15(11-18)7-3-4-8-15/h12,18H,3-11H2,1-2H3. The minimum absolute atomic E-state index is 0.0835. The Kier molecular flexibility index (Phi) is 4.68. The number of aliphatic hydroxyl groups is 1. The van der Waals surface area contributed by atoms with Crippen LogP contribution in [0, 0.1) is 11.3 Å². The van der Waals surface area contributed by atoms with Crippen LogP contribution in [0.2, 0.25) is 0 Å². The van der Waals surface area contributed by atoms with E-state index in [4.69, 9.17) is 0 Å². The largest absolute Gasteiger partial charge is 0.396 e. The van der Waals surface area contributed by atoms with Gasteiger partial charge in [0.1, 0.15) is 0 Å². The number of piperidine rings is 1. The van der Waals surface area contributed by atoms with Gasteiger partial charge in [-0.3, -0.25) is 9.59 Å². The number of hydrogen-bond acceptors (Lipinski definition) is 3. The molecule has 5 heteroatoms. The summed E-state index contributed by atoms with van der Waals surface area (Å²) in [4.78, 5) is 27.4. The van der Waals surface area contributed by atoms with Gasteiger partial charge in [0.15, 0.2) is 0 Å². The summed E-state index contributed by atoms with van der Waals surface area (Å²) in [7, 11) is 3.59. The normalized spacial score (nSPS) is 25.9. The van der Waals surface area contributed by atoms with Gasteiger partial charge in [0, 0.05) is 39.0 Å². The summed E-state index contributed by atoms with van der Waals surface area (Å²) in [6.07, 6.45) is 5.41. The molecule has 1 atom stereocenters. The van der Waals surface area contributed by atoms with Gasteiger partial charge in [-0.2, -0.15) is 0 Å². The van der Waals surface area contributed by atoms with Crippen molar-refractivity contribution in [3.63, 3.8) is 0 Å². The minimum atomic E-state index is -0.0964. The van der Waals surface area contributed by atoms with E-state index in [1.807, 2.05) is 7.05 Å². The maximum Gasteiger partial charge on any atom is 0.227 e. The zero-order valence-corrected chi connectivity index (χ0v) is 12.6. The van der Waals surface area contributed by atoms with E-state index < -0.39 is 0 Å². The van der Waals surface area contributed by atoms with E-state index in [0.29, 0.717) is 25.9 Å². The molecule has 20 heavy (non-hydrogen) atoms. The van der Waals surface area contributed by atoms with E-state index in [-0.39, 0.29) is 29.8 Å². The van der Waals surface area contributed by atoms with E-state index in [0.717, 1.165) is 25.7 Å². The molecule has 114 valence electrons. The van der Waals surface area contributed by atoms with Crippen molar-refractivity contribution in [3.8, 4) is 0 Å². The van der Waals surface area contributed by atoms with Crippen molar-refractivity contribution < 1.29 is 14.7 Å². The van der Waals surface area contributed by atoms with Gasteiger partial charge in [-0.25, -0.2) is 0 Å². The number of amides is 2. The van der Waals surface area contributed by atoms with Crippen molar-refractivity contribution in [1.82, 2.24) is 9.80 Å². The molecule has 1 aliphatic heterocycles. The number of nitrogens with zero attached hydrogens (tertiary/aromatic N) is 2. The first-order chi connectivity index (χ1) is 9.47. The fraction of sp³-hybridized carbons (Fsp3) is 0.867. The van der Waals surface area contributed by atoms with Gasteiger partial charge in [0.2, 0.25) is 11.8 Å². The molecule has 0 radical (unpaired) electrons. The predicted molar refractivity (Wildman–Crippen MR) is 76.0 cm³/mol. The van der Waals surface area contributed by atoms with Crippen molar-refractivity contribution in [2.24, 2.45) is 11.3 Å². The van der Waals surface area contributed by atoms with Crippen LogP contribution in [-0.4, -0.2) is 60.5 Å². The molecule has 1 N–H and O–H groups in total. The van der Waals surface area contributed by atoms with Crippen molar-refractivity contribution in [3.05, 3.63) is 0 Å². The Morgan fingerprint density at radius 3 is 2.65 bits per heavy atom. The lowest BCUT2D eigenvalue weighted by molar-refractivity contribution is -0.142. The second-order valence-corrected chi connectivity index (χ2v) is 6.57. The topological polar surface area (TPSA) is 60.9 Å². The van der Waals surface area contributed by atoms with E-state index in [2.05, 4.69) is 0 Å². The number of rotatable bonds is 4. The molecule has 0 bridgehead atoms. The third-order valence-electron chi connectivity index (χ3n) is 4.92. The van der Waals surface area contributed by atoms with Gasteiger partial charge >= 0.3 is 0 Å². The molecule has 2 rings (SSSR count). The first-order valence-corrected chi connectivity index (χ1v) is 7.57. The van der Waals surface area contributed by atoms with E-state index in [9.17, 15) is 14.7 Å². The Morgan fingerprint density at radius 2 is 2.10 bits per heavy atom. The second-order valence-electron chi connectivity index (χ2n) is 6.57. The number of carbonyl (C=O) groups is 2. The van der Waals surface area contributed by atoms with E-state index in [1.54, 1.807) is 16.8 Å². The van der Waals surface area contributed by atoms with Crippen LogP contribution in [0.4, 0.5) is 0 Å². The molecule has 2 fully saturated rings. The summed E-state index contributed by atoms with van der Waals surface area (Å²) in [5, 5.41) is 9.64. The number of aliphatic hydroxyl groups excluding tert-OH is 1. The predicted octanol–water partition coefficient (Wildman–Crippen LogP) is 0.866. The summed E-state index contributed by atoms with van der Waals surface area (Å²) in [6, 6.07) is 0. The van der Waals surface area contributed by atoms with Crippen molar-refractivity contribution in [2.75, 3.05) is 33.8 Å². The van der Waals surface area contributed by atoms with Crippen molar-refractivity contribution in [2.45, 2.75) is 38.5 Å². The molecule has 1 aliphatic carbocycles. The molecule has 0 aromatic rings. The van der Waals surface area contributed by atoms with Crippen LogP contribution in [0.5, 0.6) is 0 Å². The number of hydrogen-bond donors (Lipinski definition) is 1. The zero-order valence-electron chi connectivity index (χ0n) is 12.6. The van der Waals surface area contributed by atoms with E-state index in [1.165, 1.54) is 0 Å². The second kappa shape index (κ2) is 6.12. The first-order valence-electron chi connectivity index (χ1n) is 7.57. The van der Waals surface area contributed by atoms with Crippen LogP contribution in [-0.2, 0) is 9.59 Å². The Bertz CT molecular complexity index is 377. The molecule has 1 saturated heterocycles. The van der Waals surface area contributed by atoms with E-state index >= 15 is 0 Å². The van der Waals surface area contributed by atoms with Gasteiger partial charge in [0.05, 0.1) is 12.5 Å². The lowest BCUT2D eigenvalue weighted by atomic mass is 9.86. The highest BCUT2D eigenvalue weighted by Crippen LogP contribution is 2.38. The molecule has 0 aromatic heterocycles. The average molecular weight is 282 g/mol. The highest BCUT2D eigenvalue weighted by Gasteiger charge is 2.37. The SMILES string of the molecule is CN1CC(C(=O)N(C)CC2(CO)CCCC2)CCC1=O. The third-order valence-corrected chi connectivity index (χ3v) is 4.92. The van der Waals surface area contributed by atoms with Crippen LogP contribution in [0.3, 0.4) is 0 Å². The maximum absolute atomic E-state index is 12.5. The molecule has 0 spiro atoms. The molecule has 5 nitrogen and oxygen atoms in total. The molecular formula is C15H26N2O3. The highest BCUT2D eigenvalue weighted by atomic mass is 16.3. The first kappa shape index (κ1) is 15.3. The van der Waals surface area contributed by atoms with Crippen molar-refractivity contribution in [1.29, 1.82) is 0 Å². The Labute approximate surface area is 120 Å². The van der Waals surface area contributed by atoms with Crippen LogP contribution >= 0.6 is 0 Å². The summed E-state index contributed by atoms with van der Waals surface area (Å²) in [5.74, 6) is 0.156. The average Bonchev–Trinajstić information content (AvgIpc) is 2.90. The highest BCUT2D eigenvalue weighted by molar-refractivity contribution is 5.83. The summed E-state index contributed by atoms with van der Waals surface area (Å²) in [6.45, 7) is 1.32. The monoisotopic (exact) mass is 282 g/mol. The summed E-state index contributed by atoms with van der Waals surface area (Å²) < 4.78 is 0. The third kappa shape index (κ3) is 3.14. The van der Waals surface area contributed by atoms with Gasteiger partial charge in [0.25, 0.3) is 0 Å². The Hall–Kier alpha value is -1.10. The Balaban J connectivity index is 1.93. The van der Waals surface area contributed by atoms with Crippen LogP contribution < -0.4 is 0 Å². The maximum atomic E-state index is 12.5.